The van der Waals surface area contributed by atoms with Crippen molar-refractivity contribution in [1.82, 2.24) is 0 Å². The standard InChI is InChI=1S/C28H18Br2N2O2/c29-23-13-15-25(19-9-3-1-7-17(19)23)31-27(33)21-11-5-6-12-22(21)28(34)32-26-16-14-24(30)18-8-2-4-10-20(18)26/h1-16H,(H,31,33)(H,32,34). The van der Waals surface area contributed by atoms with Gasteiger partial charge in [0.25, 0.3) is 11.8 Å². The van der Waals surface area contributed by atoms with Crippen LogP contribution in [0.4, 0.5) is 11.4 Å². The Labute approximate surface area is 213 Å². The molecular formula is C28H18Br2N2O2. The summed E-state index contributed by atoms with van der Waals surface area (Å²) >= 11 is 7.11. The fraction of sp³-hybridized carbons (Fsp3) is 0. The van der Waals surface area contributed by atoms with E-state index in [9.17, 15) is 9.59 Å². The highest BCUT2D eigenvalue weighted by atomic mass is 79.9. The van der Waals surface area contributed by atoms with Crippen molar-refractivity contribution in [3.8, 4) is 0 Å². The average Bonchev–Trinajstić information content (AvgIpc) is 2.87. The van der Waals surface area contributed by atoms with Gasteiger partial charge < -0.3 is 10.6 Å². The Morgan fingerprint density at radius 1 is 0.471 bits per heavy atom. The zero-order valence-corrected chi connectivity index (χ0v) is 21.0. The van der Waals surface area contributed by atoms with Crippen LogP contribution in [0.15, 0.2) is 106 Å². The number of nitrogens with one attached hydrogen (secondary N) is 2. The molecule has 0 saturated carbocycles. The first-order chi connectivity index (χ1) is 16.5. The van der Waals surface area contributed by atoms with E-state index in [0.29, 0.717) is 22.5 Å². The highest BCUT2D eigenvalue weighted by Crippen LogP contribution is 2.32. The average molecular weight is 574 g/mol. The van der Waals surface area contributed by atoms with Crippen molar-refractivity contribution < 1.29 is 9.59 Å². The van der Waals surface area contributed by atoms with Crippen molar-refractivity contribution >= 4 is 76.6 Å². The highest BCUT2D eigenvalue weighted by Gasteiger charge is 2.19. The summed E-state index contributed by atoms with van der Waals surface area (Å²) in [6.45, 7) is 0. The molecule has 0 aromatic heterocycles. The van der Waals surface area contributed by atoms with Crippen LogP contribution in [0, 0.1) is 0 Å². The van der Waals surface area contributed by atoms with Gasteiger partial charge in [0.05, 0.1) is 11.1 Å². The third-order valence-electron chi connectivity index (χ3n) is 5.65. The third kappa shape index (κ3) is 4.22. The second-order valence-electron chi connectivity index (χ2n) is 7.73. The molecule has 4 nitrogen and oxygen atoms in total. The lowest BCUT2D eigenvalue weighted by Crippen LogP contribution is -2.20. The third-order valence-corrected chi connectivity index (χ3v) is 7.04. The molecule has 0 aliphatic rings. The molecule has 5 rings (SSSR count). The molecule has 5 aromatic rings. The Morgan fingerprint density at radius 2 is 0.824 bits per heavy atom. The summed E-state index contributed by atoms with van der Waals surface area (Å²) in [7, 11) is 0. The van der Waals surface area contributed by atoms with Gasteiger partial charge in [0, 0.05) is 31.1 Å². The fourth-order valence-electron chi connectivity index (χ4n) is 4.00. The number of rotatable bonds is 4. The summed E-state index contributed by atoms with van der Waals surface area (Å²) in [5.74, 6) is -0.697. The second kappa shape index (κ2) is 9.41. The Morgan fingerprint density at radius 3 is 1.24 bits per heavy atom. The number of hydrogen-bond acceptors (Lipinski definition) is 2. The van der Waals surface area contributed by atoms with Gasteiger partial charge in [-0.25, -0.2) is 0 Å². The Bertz CT molecular complexity index is 1460. The Kier molecular flexibility index (Phi) is 6.18. The topological polar surface area (TPSA) is 58.2 Å². The van der Waals surface area contributed by atoms with Crippen LogP contribution in [-0.2, 0) is 0 Å². The summed E-state index contributed by atoms with van der Waals surface area (Å²) in [4.78, 5) is 26.5. The minimum Gasteiger partial charge on any atom is -0.321 e. The van der Waals surface area contributed by atoms with E-state index in [1.165, 1.54) is 0 Å². The Hall–Kier alpha value is -3.48. The van der Waals surface area contributed by atoms with Crippen molar-refractivity contribution in [2.45, 2.75) is 0 Å². The highest BCUT2D eigenvalue weighted by molar-refractivity contribution is 9.11. The van der Waals surface area contributed by atoms with Crippen LogP contribution >= 0.6 is 31.9 Å². The molecule has 0 heterocycles. The maximum atomic E-state index is 13.3. The van der Waals surface area contributed by atoms with E-state index in [1.807, 2.05) is 72.8 Å². The normalized spacial score (nSPS) is 10.9. The van der Waals surface area contributed by atoms with Gasteiger partial charge in [0.15, 0.2) is 0 Å². The predicted octanol–water partition coefficient (Wildman–Crippen LogP) is 8.02. The minimum absolute atomic E-state index is 0.299. The quantitative estimate of drug-likeness (QED) is 0.229. The van der Waals surface area contributed by atoms with Crippen molar-refractivity contribution in [1.29, 1.82) is 0 Å². The Balaban J connectivity index is 1.47. The van der Waals surface area contributed by atoms with E-state index >= 15 is 0 Å². The number of anilines is 2. The molecule has 166 valence electrons. The first-order valence-electron chi connectivity index (χ1n) is 10.6. The summed E-state index contributed by atoms with van der Waals surface area (Å²) in [6.07, 6.45) is 0. The first kappa shape index (κ1) is 22.3. The monoisotopic (exact) mass is 572 g/mol. The van der Waals surface area contributed by atoms with Gasteiger partial charge in [-0.15, -0.1) is 0 Å². The van der Waals surface area contributed by atoms with E-state index in [-0.39, 0.29) is 11.8 Å². The molecule has 0 unspecified atom stereocenters. The molecule has 5 aromatic carbocycles. The lowest BCUT2D eigenvalue weighted by molar-refractivity contribution is 0.0990. The SMILES string of the molecule is O=C(Nc1ccc(Br)c2ccccc12)c1ccccc1C(=O)Nc1ccc(Br)c2ccccc12. The van der Waals surface area contributed by atoms with Gasteiger partial charge in [0.2, 0.25) is 0 Å². The smallest absolute Gasteiger partial charge is 0.256 e. The van der Waals surface area contributed by atoms with Crippen LogP contribution in [0.25, 0.3) is 21.5 Å². The first-order valence-corrected chi connectivity index (χ1v) is 12.2. The molecule has 0 spiro atoms. The molecule has 2 N–H and O–H groups in total. The van der Waals surface area contributed by atoms with Gasteiger partial charge in [-0.2, -0.15) is 0 Å². The number of benzene rings is 5. The van der Waals surface area contributed by atoms with Crippen molar-refractivity contribution in [3.63, 3.8) is 0 Å². The summed E-state index contributed by atoms with van der Waals surface area (Å²) < 4.78 is 1.89. The molecular weight excluding hydrogens is 556 g/mol. The number of amides is 2. The molecule has 0 aliphatic carbocycles. The van der Waals surface area contributed by atoms with E-state index in [1.54, 1.807) is 24.3 Å². The van der Waals surface area contributed by atoms with Gasteiger partial charge >= 0.3 is 0 Å². The predicted molar refractivity (Wildman–Crippen MR) is 146 cm³/mol. The van der Waals surface area contributed by atoms with Crippen LogP contribution in [0.5, 0.6) is 0 Å². The van der Waals surface area contributed by atoms with E-state index in [4.69, 9.17) is 0 Å². The van der Waals surface area contributed by atoms with Crippen molar-refractivity contribution in [2.75, 3.05) is 10.6 Å². The molecule has 0 bridgehead atoms. The molecule has 34 heavy (non-hydrogen) atoms. The van der Waals surface area contributed by atoms with Crippen LogP contribution in [0.2, 0.25) is 0 Å². The molecule has 0 radical (unpaired) electrons. The number of carbonyl (C=O) groups is 2. The fourth-order valence-corrected chi connectivity index (χ4v) is 4.96. The zero-order chi connectivity index (χ0) is 23.7. The van der Waals surface area contributed by atoms with Crippen LogP contribution in [0.3, 0.4) is 0 Å². The van der Waals surface area contributed by atoms with Crippen LogP contribution < -0.4 is 10.6 Å². The van der Waals surface area contributed by atoms with E-state index in [2.05, 4.69) is 42.5 Å². The number of halogens is 2. The zero-order valence-electron chi connectivity index (χ0n) is 17.8. The molecule has 0 fully saturated rings. The van der Waals surface area contributed by atoms with Gasteiger partial charge in [-0.1, -0.05) is 92.5 Å². The largest absolute Gasteiger partial charge is 0.321 e. The summed E-state index contributed by atoms with van der Waals surface area (Å²) in [6, 6.07) is 29.9. The van der Waals surface area contributed by atoms with Crippen LogP contribution in [0.1, 0.15) is 20.7 Å². The number of carbonyl (C=O) groups excluding carboxylic acids is 2. The summed E-state index contributed by atoms with van der Waals surface area (Å²) in [5, 5.41) is 9.77. The lowest BCUT2D eigenvalue weighted by atomic mass is 10.0. The maximum absolute atomic E-state index is 13.3. The molecule has 0 aliphatic heterocycles. The maximum Gasteiger partial charge on any atom is 0.256 e. The van der Waals surface area contributed by atoms with E-state index < -0.39 is 0 Å². The number of hydrogen-bond donors (Lipinski definition) is 2. The molecule has 6 heteroatoms. The van der Waals surface area contributed by atoms with Crippen LogP contribution in [-0.4, -0.2) is 11.8 Å². The van der Waals surface area contributed by atoms with E-state index in [0.717, 1.165) is 30.5 Å². The van der Waals surface area contributed by atoms with Crippen molar-refractivity contribution in [3.05, 3.63) is 117 Å². The van der Waals surface area contributed by atoms with Gasteiger partial charge in [-0.3, -0.25) is 9.59 Å². The summed E-state index contributed by atoms with van der Waals surface area (Å²) in [5.41, 5.74) is 1.96. The number of fused-ring (bicyclic) bond motifs is 2. The molecule has 0 atom stereocenters. The minimum atomic E-state index is -0.348. The van der Waals surface area contributed by atoms with Crippen molar-refractivity contribution in [2.24, 2.45) is 0 Å². The molecule has 0 saturated heterocycles. The second-order valence-corrected chi connectivity index (χ2v) is 9.44. The van der Waals surface area contributed by atoms with Gasteiger partial charge in [-0.05, 0) is 47.2 Å². The van der Waals surface area contributed by atoms with Gasteiger partial charge in [0.1, 0.15) is 0 Å². The molecule has 2 amide bonds. The lowest BCUT2D eigenvalue weighted by Gasteiger charge is -2.14.